The number of aryl methyl sites for hydroxylation is 1. The Hall–Kier alpha value is -2.15. The molecule has 25 heavy (non-hydrogen) atoms. The summed E-state index contributed by atoms with van der Waals surface area (Å²) in [6.07, 6.45) is 0.959. The van der Waals surface area contributed by atoms with Crippen molar-refractivity contribution in [2.75, 3.05) is 6.61 Å². The van der Waals surface area contributed by atoms with E-state index in [1.54, 1.807) is 19.2 Å². The number of hydrogen-bond acceptors (Lipinski definition) is 5. The number of aromatic nitrogens is 3. The van der Waals surface area contributed by atoms with Crippen LogP contribution in [0, 0.1) is 12.8 Å². The molecule has 0 aliphatic rings. The zero-order chi connectivity index (χ0) is 18.6. The lowest BCUT2D eigenvalue weighted by atomic mass is 9.93. The smallest absolute Gasteiger partial charge is 0.267 e. The average Bonchev–Trinajstić information content (AvgIpc) is 2.51. The first-order valence-corrected chi connectivity index (χ1v) is 8.15. The number of pyridine rings is 1. The minimum atomic E-state index is -2.67. The average molecular weight is 350 g/mol. The lowest BCUT2D eigenvalue weighted by Gasteiger charge is -2.23. The molecular formula is C18H24F2N4O. The summed E-state index contributed by atoms with van der Waals surface area (Å²) in [5.74, 6) is 0.775. The summed E-state index contributed by atoms with van der Waals surface area (Å²) in [4.78, 5) is 12.4. The van der Waals surface area contributed by atoms with E-state index < -0.39 is 6.43 Å². The molecule has 5 nitrogen and oxygen atoms in total. The van der Waals surface area contributed by atoms with Gasteiger partial charge in [0.25, 0.3) is 6.43 Å². The molecule has 0 fully saturated rings. The van der Waals surface area contributed by atoms with Gasteiger partial charge in [0, 0.05) is 11.7 Å². The number of nitrogens with zero attached hydrogens (tertiary/aromatic N) is 3. The first-order chi connectivity index (χ1) is 11.7. The molecule has 0 saturated carbocycles. The second-order valence-electron chi connectivity index (χ2n) is 7.01. The molecule has 0 radical (unpaired) electrons. The first-order valence-electron chi connectivity index (χ1n) is 8.15. The van der Waals surface area contributed by atoms with Crippen molar-refractivity contribution in [3.8, 4) is 17.1 Å². The molecule has 0 amide bonds. The van der Waals surface area contributed by atoms with Crippen LogP contribution in [0.15, 0.2) is 24.5 Å². The molecule has 7 heteroatoms. The van der Waals surface area contributed by atoms with Crippen LogP contribution in [0.4, 0.5) is 8.78 Å². The summed E-state index contributed by atoms with van der Waals surface area (Å²) in [6, 6.07) is 2.95. The minimum Gasteiger partial charge on any atom is -0.491 e. The highest BCUT2D eigenvalue weighted by Crippen LogP contribution is 2.32. The summed E-state index contributed by atoms with van der Waals surface area (Å²) in [7, 11) is 0. The normalized spacial score (nSPS) is 13.1. The van der Waals surface area contributed by atoms with Gasteiger partial charge in [-0.25, -0.2) is 18.7 Å². The third-order valence-electron chi connectivity index (χ3n) is 3.57. The van der Waals surface area contributed by atoms with Gasteiger partial charge in [0.2, 0.25) is 0 Å². The number of ether oxygens (including phenoxy) is 1. The van der Waals surface area contributed by atoms with Crippen molar-refractivity contribution in [2.45, 2.75) is 46.1 Å². The maximum atomic E-state index is 13.4. The van der Waals surface area contributed by atoms with Crippen LogP contribution >= 0.6 is 0 Å². The predicted molar refractivity (Wildman–Crippen MR) is 92.5 cm³/mol. The van der Waals surface area contributed by atoms with Crippen molar-refractivity contribution in [3.05, 3.63) is 35.9 Å². The van der Waals surface area contributed by atoms with E-state index in [-0.39, 0.29) is 22.8 Å². The third-order valence-corrected chi connectivity index (χ3v) is 3.57. The van der Waals surface area contributed by atoms with Crippen LogP contribution in [0.5, 0.6) is 5.75 Å². The van der Waals surface area contributed by atoms with Gasteiger partial charge in [0.05, 0.1) is 29.8 Å². The summed E-state index contributed by atoms with van der Waals surface area (Å²) in [6.45, 7) is 7.85. The molecule has 0 aromatic carbocycles. The number of halogens is 2. The van der Waals surface area contributed by atoms with Crippen molar-refractivity contribution in [1.29, 1.82) is 0 Å². The Morgan fingerprint density at radius 1 is 1.24 bits per heavy atom. The van der Waals surface area contributed by atoms with Crippen molar-refractivity contribution in [2.24, 2.45) is 11.7 Å². The van der Waals surface area contributed by atoms with Crippen molar-refractivity contribution >= 4 is 0 Å². The Balaban J connectivity index is 2.19. The predicted octanol–water partition coefficient (Wildman–Crippen LogP) is 3.93. The topological polar surface area (TPSA) is 73.9 Å². The molecule has 2 N–H and O–H groups in total. The molecule has 0 bridgehead atoms. The van der Waals surface area contributed by atoms with Crippen LogP contribution in [-0.2, 0) is 0 Å². The van der Waals surface area contributed by atoms with E-state index in [0.717, 1.165) is 6.42 Å². The van der Waals surface area contributed by atoms with E-state index in [0.29, 0.717) is 23.8 Å². The Morgan fingerprint density at radius 3 is 2.56 bits per heavy atom. The van der Waals surface area contributed by atoms with Crippen LogP contribution in [0.1, 0.15) is 45.0 Å². The van der Waals surface area contributed by atoms with Crippen LogP contribution < -0.4 is 10.5 Å². The van der Waals surface area contributed by atoms with Crippen LogP contribution in [0.2, 0.25) is 0 Å². The van der Waals surface area contributed by atoms with E-state index in [1.807, 2.05) is 20.8 Å². The number of rotatable bonds is 7. The number of nitrogens with two attached hydrogens (primary N) is 1. The molecule has 1 unspecified atom stereocenters. The van der Waals surface area contributed by atoms with Gasteiger partial charge in [-0.05, 0) is 45.2 Å². The Bertz CT molecular complexity index is 716. The zero-order valence-electron chi connectivity index (χ0n) is 15.0. The Morgan fingerprint density at radius 2 is 1.96 bits per heavy atom. The Kier molecular flexibility index (Phi) is 6.00. The second kappa shape index (κ2) is 7.82. The van der Waals surface area contributed by atoms with Gasteiger partial charge in [0.1, 0.15) is 11.6 Å². The molecule has 1 atom stereocenters. The zero-order valence-corrected chi connectivity index (χ0v) is 15.0. The molecule has 0 aliphatic heterocycles. The van der Waals surface area contributed by atoms with Crippen molar-refractivity contribution in [3.63, 3.8) is 0 Å². The fourth-order valence-corrected chi connectivity index (χ4v) is 2.68. The quantitative estimate of drug-likeness (QED) is 0.819. The fraction of sp³-hybridized carbons (Fsp3) is 0.500. The van der Waals surface area contributed by atoms with Crippen molar-refractivity contribution in [1.82, 2.24) is 15.0 Å². The summed E-state index contributed by atoms with van der Waals surface area (Å²) < 4.78 is 32.5. The third kappa shape index (κ3) is 5.70. The molecule has 136 valence electrons. The maximum absolute atomic E-state index is 13.4. The molecule has 2 aromatic heterocycles. The van der Waals surface area contributed by atoms with Gasteiger partial charge in [0.15, 0.2) is 0 Å². The first kappa shape index (κ1) is 19.2. The molecule has 2 rings (SSSR count). The molecular weight excluding hydrogens is 326 g/mol. The lowest BCUT2D eigenvalue weighted by molar-refractivity contribution is 0.142. The van der Waals surface area contributed by atoms with E-state index in [1.165, 1.54) is 12.3 Å². The number of hydrogen-bond donors (Lipinski definition) is 1. The fourth-order valence-electron chi connectivity index (χ4n) is 2.68. The monoisotopic (exact) mass is 350 g/mol. The van der Waals surface area contributed by atoms with Crippen LogP contribution in [-0.4, -0.2) is 27.1 Å². The number of alkyl halides is 2. The molecule has 0 saturated heterocycles. The van der Waals surface area contributed by atoms with Gasteiger partial charge in [-0.2, -0.15) is 0 Å². The largest absolute Gasteiger partial charge is 0.491 e. The minimum absolute atomic E-state index is 0.0891. The molecule has 0 aliphatic carbocycles. The lowest BCUT2D eigenvalue weighted by Crippen LogP contribution is -2.35. The Labute approximate surface area is 146 Å². The molecule has 2 heterocycles. The highest BCUT2D eigenvalue weighted by Gasteiger charge is 2.20. The van der Waals surface area contributed by atoms with Gasteiger partial charge in [-0.3, -0.25) is 4.98 Å². The van der Waals surface area contributed by atoms with Crippen LogP contribution in [0.3, 0.4) is 0 Å². The molecule has 2 aromatic rings. The second-order valence-corrected chi connectivity index (χ2v) is 7.01. The summed E-state index contributed by atoms with van der Waals surface area (Å²) >= 11 is 0. The van der Waals surface area contributed by atoms with Crippen LogP contribution in [0.25, 0.3) is 11.4 Å². The van der Waals surface area contributed by atoms with E-state index >= 15 is 0 Å². The molecule has 0 spiro atoms. The van der Waals surface area contributed by atoms with E-state index in [9.17, 15) is 8.78 Å². The highest BCUT2D eigenvalue weighted by molar-refractivity contribution is 5.56. The SMILES string of the molecule is Cc1nccc(-c2cc(C(F)F)c(OCC(C)CC(C)(C)N)cn2)n1. The summed E-state index contributed by atoms with van der Waals surface area (Å²) in [5.41, 5.74) is 6.32. The highest BCUT2D eigenvalue weighted by atomic mass is 19.3. The standard InChI is InChI=1S/C18H24F2N4O/c1-11(8-18(3,4)21)10-25-16-9-23-15(7-13(16)17(19)20)14-5-6-22-12(2)24-14/h5-7,9,11,17H,8,10,21H2,1-4H3. The van der Waals surface area contributed by atoms with Gasteiger partial charge in [-0.1, -0.05) is 6.92 Å². The van der Waals surface area contributed by atoms with Gasteiger partial charge < -0.3 is 10.5 Å². The van der Waals surface area contributed by atoms with Crippen molar-refractivity contribution < 1.29 is 13.5 Å². The van der Waals surface area contributed by atoms with Gasteiger partial charge >= 0.3 is 0 Å². The van der Waals surface area contributed by atoms with E-state index in [4.69, 9.17) is 10.5 Å². The maximum Gasteiger partial charge on any atom is 0.267 e. The van der Waals surface area contributed by atoms with E-state index in [2.05, 4.69) is 15.0 Å². The van der Waals surface area contributed by atoms with Gasteiger partial charge in [-0.15, -0.1) is 0 Å². The summed E-state index contributed by atoms with van der Waals surface area (Å²) in [5, 5.41) is 0.